The molecule has 1 aromatic carbocycles. The third-order valence-electron chi connectivity index (χ3n) is 2.91. The van der Waals surface area contributed by atoms with Crippen molar-refractivity contribution in [3.05, 3.63) is 66.1 Å². The molecule has 0 fully saturated rings. The molecule has 0 bridgehead atoms. The first-order valence-corrected chi connectivity index (χ1v) is 6.53. The van der Waals surface area contributed by atoms with Crippen LogP contribution < -0.4 is 5.32 Å². The summed E-state index contributed by atoms with van der Waals surface area (Å²) in [4.78, 5) is 8.37. The molecule has 21 heavy (non-hydrogen) atoms. The smallest absolute Gasteiger partial charge is 0.245 e. The Morgan fingerprint density at radius 3 is 2.76 bits per heavy atom. The largest absolute Gasteiger partial charge is 0.508 e. The van der Waals surface area contributed by atoms with Crippen molar-refractivity contribution in [1.82, 2.24) is 15.1 Å². The molecule has 0 saturated heterocycles. The number of phenols is 1. The number of rotatable bonds is 5. The van der Waals surface area contributed by atoms with E-state index in [9.17, 15) is 5.11 Å². The second-order valence-corrected chi connectivity index (χ2v) is 4.54. The van der Waals surface area contributed by atoms with Crippen LogP contribution in [-0.4, -0.2) is 20.2 Å². The van der Waals surface area contributed by atoms with Gasteiger partial charge in [-0.05, 0) is 35.9 Å². The zero-order valence-corrected chi connectivity index (χ0v) is 11.2. The maximum atomic E-state index is 9.21. The van der Waals surface area contributed by atoms with E-state index in [4.69, 9.17) is 4.52 Å². The first-order chi connectivity index (χ1) is 10.3. The monoisotopic (exact) mass is 282 g/mol. The quantitative estimate of drug-likeness (QED) is 0.699. The van der Waals surface area contributed by atoms with Crippen LogP contribution in [0.2, 0.25) is 0 Å². The fourth-order valence-electron chi connectivity index (χ4n) is 1.88. The summed E-state index contributed by atoms with van der Waals surface area (Å²) in [7, 11) is 0. The summed E-state index contributed by atoms with van der Waals surface area (Å²) in [5.41, 5.74) is 1.91. The third kappa shape index (κ3) is 3.56. The molecule has 0 spiro atoms. The molecule has 106 valence electrons. The van der Waals surface area contributed by atoms with Crippen LogP contribution in [0.15, 0.2) is 53.3 Å². The van der Waals surface area contributed by atoms with Gasteiger partial charge >= 0.3 is 0 Å². The summed E-state index contributed by atoms with van der Waals surface area (Å²) >= 11 is 0. The van der Waals surface area contributed by atoms with Crippen molar-refractivity contribution in [2.75, 3.05) is 5.32 Å². The average Bonchev–Trinajstić information content (AvgIpc) is 2.95. The van der Waals surface area contributed by atoms with Gasteiger partial charge in [0.15, 0.2) is 5.82 Å². The molecular formula is C15H14N4O2. The van der Waals surface area contributed by atoms with Crippen molar-refractivity contribution in [1.29, 1.82) is 0 Å². The molecule has 3 rings (SSSR count). The highest BCUT2D eigenvalue weighted by Gasteiger charge is 2.07. The molecular weight excluding hydrogens is 268 g/mol. The van der Waals surface area contributed by atoms with Crippen LogP contribution in [0.3, 0.4) is 0 Å². The van der Waals surface area contributed by atoms with Crippen molar-refractivity contribution in [2.45, 2.75) is 13.0 Å². The van der Waals surface area contributed by atoms with E-state index in [-0.39, 0.29) is 5.75 Å². The molecule has 0 unspecified atom stereocenters. The highest BCUT2D eigenvalue weighted by atomic mass is 16.5. The number of pyridine rings is 1. The van der Waals surface area contributed by atoms with Gasteiger partial charge in [0.05, 0.1) is 6.54 Å². The van der Waals surface area contributed by atoms with Crippen molar-refractivity contribution < 1.29 is 9.63 Å². The molecule has 6 nitrogen and oxygen atoms in total. The Hall–Kier alpha value is -2.89. The minimum Gasteiger partial charge on any atom is -0.508 e. The molecule has 0 saturated carbocycles. The van der Waals surface area contributed by atoms with Crippen LogP contribution in [0.25, 0.3) is 0 Å². The van der Waals surface area contributed by atoms with Crippen LogP contribution in [0.1, 0.15) is 17.3 Å². The number of anilines is 1. The lowest BCUT2D eigenvalue weighted by Gasteiger charge is -2.02. The fraction of sp³-hybridized carbons (Fsp3) is 0.133. The van der Waals surface area contributed by atoms with E-state index < -0.39 is 0 Å². The minimum absolute atomic E-state index is 0.233. The van der Waals surface area contributed by atoms with Gasteiger partial charge in [-0.3, -0.25) is 4.98 Å². The highest BCUT2D eigenvalue weighted by Crippen LogP contribution is 2.14. The maximum Gasteiger partial charge on any atom is 0.245 e. The zero-order chi connectivity index (χ0) is 14.5. The summed E-state index contributed by atoms with van der Waals surface area (Å²) in [6.45, 7) is 0.435. The fourth-order valence-corrected chi connectivity index (χ4v) is 1.88. The second-order valence-electron chi connectivity index (χ2n) is 4.54. The van der Waals surface area contributed by atoms with Crippen molar-refractivity contribution in [3.63, 3.8) is 0 Å². The molecule has 0 atom stereocenters. The number of nitrogens with zero attached hydrogens (tertiary/aromatic N) is 3. The Morgan fingerprint density at radius 1 is 1.14 bits per heavy atom. The predicted octanol–water partition coefficient (Wildman–Crippen LogP) is 2.37. The standard InChI is InChI=1S/C15H14N4O2/c20-13-5-3-12(4-6-13)17-10-15-18-14(19-21-15)8-11-2-1-7-16-9-11/h1-7,9,17,20H,8,10H2. The van der Waals surface area contributed by atoms with Crippen molar-refractivity contribution >= 4 is 5.69 Å². The Labute approximate surface area is 121 Å². The molecule has 3 aromatic rings. The molecule has 0 aliphatic carbocycles. The van der Waals surface area contributed by atoms with Gasteiger partial charge in [-0.25, -0.2) is 0 Å². The van der Waals surface area contributed by atoms with Gasteiger partial charge in [0.2, 0.25) is 5.89 Å². The van der Waals surface area contributed by atoms with E-state index in [0.29, 0.717) is 24.7 Å². The number of aromatic nitrogens is 3. The molecule has 2 N–H and O–H groups in total. The Bertz CT molecular complexity index is 695. The molecule has 0 radical (unpaired) electrons. The Kier molecular flexibility index (Phi) is 3.77. The lowest BCUT2D eigenvalue weighted by atomic mass is 10.2. The summed E-state index contributed by atoms with van der Waals surface area (Å²) in [6.07, 6.45) is 4.11. The van der Waals surface area contributed by atoms with Gasteiger partial charge < -0.3 is 14.9 Å². The van der Waals surface area contributed by atoms with Gasteiger partial charge in [-0.15, -0.1) is 0 Å². The molecule has 2 heterocycles. The minimum atomic E-state index is 0.233. The van der Waals surface area contributed by atoms with Crippen molar-refractivity contribution in [3.8, 4) is 5.75 Å². The molecule has 0 aliphatic rings. The normalized spacial score (nSPS) is 10.5. The van der Waals surface area contributed by atoms with E-state index in [2.05, 4.69) is 20.4 Å². The Morgan fingerprint density at radius 2 is 2.00 bits per heavy atom. The summed E-state index contributed by atoms with van der Waals surface area (Å²) in [5, 5.41) is 16.3. The van der Waals surface area contributed by atoms with E-state index in [1.165, 1.54) is 0 Å². The first-order valence-electron chi connectivity index (χ1n) is 6.53. The van der Waals surface area contributed by atoms with Crippen LogP contribution in [-0.2, 0) is 13.0 Å². The van der Waals surface area contributed by atoms with Gasteiger partial charge in [-0.2, -0.15) is 4.98 Å². The molecule has 0 aliphatic heterocycles. The number of phenolic OH excluding ortho intramolecular Hbond substituents is 1. The molecule has 2 aromatic heterocycles. The van der Waals surface area contributed by atoms with Gasteiger partial charge in [-0.1, -0.05) is 11.2 Å². The number of hydrogen-bond acceptors (Lipinski definition) is 6. The molecule has 0 amide bonds. The van der Waals surface area contributed by atoms with E-state index in [0.717, 1.165) is 11.3 Å². The first kappa shape index (κ1) is 13.1. The van der Waals surface area contributed by atoms with Gasteiger partial charge in [0.25, 0.3) is 0 Å². The van der Waals surface area contributed by atoms with Crippen molar-refractivity contribution in [2.24, 2.45) is 0 Å². The highest BCUT2D eigenvalue weighted by molar-refractivity contribution is 5.45. The number of hydrogen-bond donors (Lipinski definition) is 2. The number of aromatic hydroxyl groups is 1. The SMILES string of the molecule is Oc1ccc(NCc2nc(Cc3cccnc3)no2)cc1. The Balaban J connectivity index is 1.59. The predicted molar refractivity (Wildman–Crippen MR) is 76.8 cm³/mol. The lowest BCUT2D eigenvalue weighted by molar-refractivity contribution is 0.378. The summed E-state index contributed by atoms with van der Waals surface area (Å²) < 4.78 is 5.19. The summed E-state index contributed by atoms with van der Waals surface area (Å²) in [6, 6.07) is 10.6. The van der Waals surface area contributed by atoms with Gasteiger partial charge in [0.1, 0.15) is 5.75 Å². The van der Waals surface area contributed by atoms with Crippen LogP contribution in [0, 0.1) is 0 Å². The maximum absolute atomic E-state index is 9.21. The van der Waals surface area contributed by atoms with Crippen LogP contribution >= 0.6 is 0 Å². The van der Waals surface area contributed by atoms with Gasteiger partial charge in [0, 0.05) is 24.5 Å². The zero-order valence-electron chi connectivity index (χ0n) is 11.2. The number of nitrogens with one attached hydrogen (secondary N) is 1. The van der Waals surface area contributed by atoms with E-state index in [1.807, 2.05) is 12.1 Å². The topological polar surface area (TPSA) is 84.1 Å². The van der Waals surface area contributed by atoms with E-state index >= 15 is 0 Å². The van der Waals surface area contributed by atoms with Crippen LogP contribution in [0.5, 0.6) is 5.75 Å². The van der Waals surface area contributed by atoms with E-state index in [1.54, 1.807) is 36.7 Å². The third-order valence-corrected chi connectivity index (χ3v) is 2.91. The summed E-state index contributed by atoms with van der Waals surface area (Å²) in [5.74, 6) is 1.38. The van der Waals surface area contributed by atoms with Crippen LogP contribution in [0.4, 0.5) is 5.69 Å². The average molecular weight is 282 g/mol. The molecule has 6 heteroatoms. The lowest BCUT2D eigenvalue weighted by Crippen LogP contribution is -1.99. The second kappa shape index (κ2) is 6.04. The number of benzene rings is 1.